The highest BCUT2D eigenvalue weighted by Crippen LogP contribution is 2.33. The van der Waals surface area contributed by atoms with E-state index in [0.29, 0.717) is 53.2 Å². The molecule has 0 atom stereocenters. The summed E-state index contributed by atoms with van der Waals surface area (Å²) in [6.07, 6.45) is 0.758. The fourth-order valence-electron chi connectivity index (χ4n) is 5.34. The largest absolute Gasteiger partial charge is 0.497 e. The summed E-state index contributed by atoms with van der Waals surface area (Å²) in [6.45, 7) is 2.74. The zero-order chi connectivity index (χ0) is 30.5. The molecule has 4 aromatic rings. The van der Waals surface area contributed by atoms with E-state index in [0.717, 1.165) is 29.9 Å². The molecule has 1 saturated heterocycles. The maximum absolute atomic E-state index is 13.7. The van der Waals surface area contributed by atoms with Crippen LogP contribution in [-0.4, -0.2) is 78.4 Å². The summed E-state index contributed by atoms with van der Waals surface area (Å²) in [7, 11) is 1.58. The van der Waals surface area contributed by atoms with Crippen molar-refractivity contribution in [1.82, 2.24) is 20.0 Å². The van der Waals surface area contributed by atoms with Crippen molar-refractivity contribution in [2.45, 2.75) is 13.0 Å². The molecular formula is C33H32ClN5O5. The first-order chi connectivity index (χ1) is 21.5. The van der Waals surface area contributed by atoms with Gasteiger partial charge in [-0.25, -0.2) is 0 Å². The van der Waals surface area contributed by atoms with Crippen LogP contribution < -0.4 is 19.1 Å². The Bertz CT molecular complexity index is 1630. The molecule has 2 amide bonds. The minimum absolute atomic E-state index is 0.0638. The van der Waals surface area contributed by atoms with Gasteiger partial charge in [-0.15, -0.1) is 10.2 Å². The van der Waals surface area contributed by atoms with Crippen molar-refractivity contribution in [1.29, 1.82) is 0 Å². The van der Waals surface area contributed by atoms with E-state index >= 15 is 0 Å². The van der Waals surface area contributed by atoms with Crippen LogP contribution in [0.1, 0.15) is 22.3 Å². The lowest BCUT2D eigenvalue weighted by molar-refractivity contribution is -0.131. The van der Waals surface area contributed by atoms with Crippen LogP contribution in [0.3, 0.4) is 0 Å². The molecule has 226 valence electrons. The van der Waals surface area contributed by atoms with Gasteiger partial charge in [-0.3, -0.25) is 9.59 Å². The highest BCUT2D eigenvalue weighted by Gasteiger charge is 2.26. The van der Waals surface area contributed by atoms with Gasteiger partial charge in [0, 0.05) is 43.9 Å². The van der Waals surface area contributed by atoms with Gasteiger partial charge in [-0.2, -0.15) is 0 Å². The molecule has 1 fully saturated rings. The number of fused-ring (bicyclic) bond motifs is 1. The number of aromatic nitrogens is 2. The highest BCUT2D eigenvalue weighted by atomic mass is 35.5. The molecule has 10 nitrogen and oxygen atoms in total. The van der Waals surface area contributed by atoms with Gasteiger partial charge in [0.05, 0.1) is 17.8 Å². The maximum Gasteiger partial charge on any atom is 0.254 e. The summed E-state index contributed by atoms with van der Waals surface area (Å²) < 4.78 is 16.2. The molecule has 3 aromatic carbocycles. The van der Waals surface area contributed by atoms with Gasteiger partial charge >= 0.3 is 0 Å². The third-order valence-corrected chi connectivity index (χ3v) is 8.06. The van der Waals surface area contributed by atoms with Crippen LogP contribution in [0.5, 0.6) is 17.2 Å². The molecule has 44 heavy (non-hydrogen) atoms. The fourth-order valence-corrected chi connectivity index (χ4v) is 5.57. The quantitative estimate of drug-likeness (QED) is 0.276. The summed E-state index contributed by atoms with van der Waals surface area (Å²) in [5, 5.41) is 9.48. The van der Waals surface area contributed by atoms with Crippen LogP contribution in [-0.2, 0) is 11.3 Å². The predicted molar refractivity (Wildman–Crippen MR) is 166 cm³/mol. The smallest absolute Gasteiger partial charge is 0.254 e. The average molecular weight is 614 g/mol. The second-order valence-corrected chi connectivity index (χ2v) is 11.0. The van der Waals surface area contributed by atoms with Gasteiger partial charge in [-0.05, 0) is 66.6 Å². The Morgan fingerprint density at radius 3 is 2.50 bits per heavy atom. The van der Waals surface area contributed by atoms with Crippen molar-refractivity contribution < 1.29 is 23.8 Å². The zero-order valence-corrected chi connectivity index (χ0v) is 25.1. The number of carbonyl (C=O) groups is 2. The fraction of sp³-hybridized carbons (Fsp3) is 0.273. The normalized spacial score (nSPS) is 14.2. The van der Waals surface area contributed by atoms with Crippen LogP contribution in [0.25, 0.3) is 11.3 Å². The molecular weight excluding hydrogens is 582 g/mol. The second-order valence-electron chi connectivity index (χ2n) is 10.6. The molecule has 0 spiro atoms. The maximum atomic E-state index is 13.7. The topological polar surface area (TPSA) is 97.3 Å². The van der Waals surface area contributed by atoms with Crippen molar-refractivity contribution in [2.24, 2.45) is 0 Å². The van der Waals surface area contributed by atoms with Gasteiger partial charge in [0.15, 0.2) is 17.3 Å². The second kappa shape index (κ2) is 13.2. The first-order valence-electron chi connectivity index (χ1n) is 14.4. The van der Waals surface area contributed by atoms with E-state index in [1.165, 1.54) is 0 Å². The number of amides is 2. The van der Waals surface area contributed by atoms with E-state index in [4.69, 9.17) is 25.8 Å². The molecule has 0 N–H and O–H groups in total. The summed E-state index contributed by atoms with van der Waals surface area (Å²) in [5.74, 6) is 2.32. The van der Waals surface area contributed by atoms with Crippen molar-refractivity contribution in [3.8, 4) is 28.5 Å². The van der Waals surface area contributed by atoms with Crippen molar-refractivity contribution in [2.75, 3.05) is 51.5 Å². The SMILES string of the molecule is COc1ccc(C(=O)N(CC(=O)N2CCCN(c3ccc(-c4ccccc4Cl)nn3)CC2)Cc2ccc3c(c2)OCO3)cc1. The Labute approximate surface area is 260 Å². The van der Waals surface area contributed by atoms with E-state index in [2.05, 4.69) is 15.1 Å². The van der Waals surface area contributed by atoms with E-state index in [1.54, 1.807) is 36.3 Å². The third kappa shape index (κ3) is 6.55. The first kappa shape index (κ1) is 29.3. The Hall–Kier alpha value is -4.83. The number of rotatable bonds is 8. The van der Waals surface area contributed by atoms with E-state index < -0.39 is 0 Å². The van der Waals surface area contributed by atoms with Gasteiger partial charge in [0.2, 0.25) is 12.7 Å². The van der Waals surface area contributed by atoms with Gasteiger partial charge < -0.3 is 28.9 Å². The van der Waals surface area contributed by atoms with Crippen LogP contribution >= 0.6 is 11.6 Å². The summed E-state index contributed by atoms with van der Waals surface area (Å²) in [5.41, 5.74) is 2.84. The summed E-state index contributed by atoms with van der Waals surface area (Å²) in [4.78, 5) is 32.9. The number of hydrogen-bond donors (Lipinski definition) is 0. The number of halogens is 1. The first-order valence-corrected chi connectivity index (χ1v) is 14.8. The third-order valence-electron chi connectivity index (χ3n) is 7.73. The summed E-state index contributed by atoms with van der Waals surface area (Å²) >= 11 is 6.33. The molecule has 0 bridgehead atoms. The lowest BCUT2D eigenvalue weighted by Crippen LogP contribution is -2.44. The van der Waals surface area contributed by atoms with Crippen LogP contribution in [0.15, 0.2) is 78.9 Å². The van der Waals surface area contributed by atoms with Crippen LogP contribution in [0.2, 0.25) is 5.02 Å². The summed E-state index contributed by atoms with van der Waals surface area (Å²) in [6, 6.07) is 23.8. The molecule has 11 heteroatoms. The number of anilines is 1. The minimum atomic E-state index is -0.246. The van der Waals surface area contributed by atoms with Crippen molar-refractivity contribution >= 4 is 29.2 Å². The number of methoxy groups -OCH3 is 1. The van der Waals surface area contributed by atoms with Gasteiger partial charge in [0.1, 0.15) is 12.3 Å². The highest BCUT2D eigenvalue weighted by molar-refractivity contribution is 6.33. The van der Waals surface area contributed by atoms with Crippen LogP contribution in [0, 0.1) is 0 Å². The molecule has 6 rings (SSSR count). The molecule has 0 saturated carbocycles. The molecule has 0 unspecified atom stereocenters. The van der Waals surface area contributed by atoms with Crippen molar-refractivity contribution in [3.05, 3.63) is 95.0 Å². The van der Waals surface area contributed by atoms with Gasteiger partial charge in [-0.1, -0.05) is 35.9 Å². The standard InChI is InChI=1S/C33H32ClN5O5/c1-42-25-10-8-24(9-11-25)33(41)39(20-23-7-13-29-30(19-23)44-22-43-29)21-32(40)38-16-4-15-37(17-18-38)31-14-12-28(35-36-31)26-5-2-3-6-27(26)34/h2-3,5-14,19H,4,15-18,20-22H2,1H3. The molecule has 2 aliphatic heterocycles. The van der Waals surface area contributed by atoms with E-state index in [9.17, 15) is 9.59 Å². The van der Waals surface area contributed by atoms with Gasteiger partial charge in [0.25, 0.3) is 5.91 Å². The monoisotopic (exact) mass is 613 g/mol. The number of carbonyl (C=O) groups excluding carboxylic acids is 2. The Morgan fingerprint density at radius 2 is 1.73 bits per heavy atom. The van der Waals surface area contributed by atoms with Crippen LogP contribution in [0.4, 0.5) is 5.82 Å². The number of nitrogens with zero attached hydrogens (tertiary/aromatic N) is 5. The number of ether oxygens (including phenoxy) is 3. The van der Waals surface area contributed by atoms with E-state index in [1.807, 2.05) is 59.5 Å². The predicted octanol–water partition coefficient (Wildman–Crippen LogP) is 4.92. The number of benzene rings is 3. The molecule has 0 radical (unpaired) electrons. The Kier molecular flexibility index (Phi) is 8.79. The minimum Gasteiger partial charge on any atom is -0.497 e. The molecule has 1 aromatic heterocycles. The Balaban J connectivity index is 1.14. The molecule has 0 aliphatic carbocycles. The molecule has 2 aliphatic rings. The average Bonchev–Trinajstić information content (AvgIpc) is 3.39. The van der Waals surface area contributed by atoms with E-state index in [-0.39, 0.29) is 31.7 Å². The Morgan fingerprint density at radius 1 is 0.909 bits per heavy atom. The molecule has 3 heterocycles. The number of hydrogen-bond acceptors (Lipinski definition) is 8. The van der Waals surface area contributed by atoms with Crippen molar-refractivity contribution in [3.63, 3.8) is 0 Å². The lowest BCUT2D eigenvalue weighted by atomic mass is 10.1. The lowest BCUT2D eigenvalue weighted by Gasteiger charge is -2.27. The zero-order valence-electron chi connectivity index (χ0n) is 24.3.